The van der Waals surface area contributed by atoms with E-state index in [9.17, 15) is 4.79 Å². The summed E-state index contributed by atoms with van der Waals surface area (Å²) in [4.78, 5) is 11.9. The van der Waals surface area contributed by atoms with Gasteiger partial charge in [0.2, 0.25) is 0 Å². The van der Waals surface area contributed by atoms with Gasteiger partial charge in [-0.2, -0.15) is 0 Å². The maximum Gasteiger partial charge on any atom is 0.310 e. The van der Waals surface area contributed by atoms with E-state index >= 15 is 0 Å². The van der Waals surface area contributed by atoms with Crippen LogP contribution in [0, 0.1) is 5.92 Å². The van der Waals surface area contributed by atoms with E-state index < -0.39 is 5.60 Å². The second-order valence-electron chi connectivity index (χ2n) is 6.51. The van der Waals surface area contributed by atoms with Crippen LogP contribution < -0.4 is 0 Å². The van der Waals surface area contributed by atoms with Gasteiger partial charge in [-0.15, -0.1) is 0 Å². The molecule has 0 bridgehead atoms. The molecule has 0 unspecified atom stereocenters. The van der Waals surface area contributed by atoms with Crippen molar-refractivity contribution in [3.63, 3.8) is 0 Å². The fourth-order valence-corrected chi connectivity index (χ4v) is 3.29. The average Bonchev–Trinajstić information content (AvgIpc) is 2.75. The zero-order valence-electron chi connectivity index (χ0n) is 15.7. The fraction of sp³-hybridized carbons (Fsp3) is 0.208. The number of carbonyl (C=O) groups excluding carboxylic acids is 1. The predicted octanol–water partition coefficient (Wildman–Crippen LogP) is 4.80. The van der Waals surface area contributed by atoms with Crippen molar-refractivity contribution in [3.05, 3.63) is 108 Å². The monoisotopic (exact) mass is 360 g/mol. The molecule has 3 nitrogen and oxygen atoms in total. The Morgan fingerprint density at radius 2 is 1.15 bits per heavy atom. The minimum absolute atomic E-state index is 0.241. The van der Waals surface area contributed by atoms with Crippen LogP contribution >= 0.6 is 0 Å². The van der Waals surface area contributed by atoms with Crippen molar-refractivity contribution in [1.82, 2.24) is 0 Å². The molecule has 0 fully saturated rings. The van der Waals surface area contributed by atoms with E-state index in [1.807, 2.05) is 61.5 Å². The molecule has 27 heavy (non-hydrogen) atoms. The Kier molecular flexibility index (Phi) is 6.05. The molecule has 0 radical (unpaired) electrons. The number of benzene rings is 3. The Hall–Kier alpha value is -2.91. The molecule has 0 saturated heterocycles. The second kappa shape index (κ2) is 8.65. The maximum absolute atomic E-state index is 11.9. The summed E-state index contributed by atoms with van der Waals surface area (Å²) in [6, 6.07) is 30.3. The van der Waals surface area contributed by atoms with Crippen LogP contribution in [0.5, 0.6) is 0 Å². The molecular formula is C24H24O3. The van der Waals surface area contributed by atoms with E-state index in [1.54, 1.807) is 0 Å². The van der Waals surface area contributed by atoms with Crippen LogP contribution in [0.15, 0.2) is 91.0 Å². The van der Waals surface area contributed by atoms with E-state index in [4.69, 9.17) is 9.47 Å². The largest absolute Gasteiger partial charge is 0.469 e. The Morgan fingerprint density at radius 3 is 1.48 bits per heavy atom. The number of ether oxygens (including phenoxy) is 2. The van der Waals surface area contributed by atoms with Crippen LogP contribution in [0.3, 0.4) is 0 Å². The Bertz CT molecular complexity index is 748. The van der Waals surface area contributed by atoms with Gasteiger partial charge in [0.25, 0.3) is 0 Å². The minimum Gasteiger partial charge on any atom is -0.469 e. The topological polar surface area (TPSA) is 35.5 Å². The lowest BCUT2D eigenvalue weighted by Gasteiger charge is -2.36. The molecule has 138 valence electrons. The summed E-state index contributed by atoms with van der Waals surface area (Å²) in [5.74, 6) is -0.649. The van der Waals surface area contributed by atoms with Gasteiger partial charge in [-0.3, -0.25) is 4.79 Å². The van der Waals surface area contributed by atoms with Gasteiger partial charge >= 0.3 is 5.97 Å². The van der Waals surface area contributed by atoms with E-state index in [0.717, 1.165) is 16.7 Å². The molecule has 0 saturated carbocycles. The highest BCUT2D eigenvalue weighted by Gasteiger charge is 2.38. The molecule has 0 amide bonds. The van der Waals surface area contributed by atoms with Gasteiger partial charge in [-0.05, 0) is 23.6 Å². The predicted molar refractivity (Wildman–Crippen MR) is 106 cm³/mol. The normalized spacial score (nSPS) is 12.4. The van der Waals surface area contributed by atoms with Crippen molar-refractivity contribution < 1.29 is 14.3 Å². The molecule has 0 spiro atoms. The zero-order valence-corrected chi connectivity index (χ0v) is 15.7. The van der Waals surface area contributed by atoms with Gasteiger partial charge in [0, 0.05) is 0 Å². The summed E-state index contributed by atoms with van der Waals surface area (Å²) in [5.41, 5.74) is 2.23. The molecule has 3 rings (SSSR count). The molecular weight excluding hydrogens is 336 g/mol. The van der Waals surface area contributed by atoms with Gasteiger partial charge in [0.05, 0.1) is 19.6 Å². The Morgan fingerprint density at radius 1 is 0.778 bits per heavy atom. The van der Waals surface area contributed by atoms with Crippen LogP contribution in [-0.4, -0.2) is 19.7 Å². The molecule has 0 aliphatic heterocycles. The lowest BCUT2D eigenvalue weighted by atomic mass is 9.80. The molecule has 0 aliphatic rings. The van der Waals surface area contributed by atoms with Gasteiger partial charge in [-0.25, -0.2) is 0 Å². The molecule has 3 aromatic carbocycles. The number of esters is 1. The summed E-state index contributed by atoms with van der Waals surface area (Å²) in [7, 11) is 1.40. The molecule has 3 heteroatoms. The summed E-state index contributed by atoms with van der Waals surface area (Å²) in [6.07, 6.45) is 0. The lowest BCUT2D eigenvalue weighted by Crippen LogP contribution is -2.35. The quantitative estimate of drug-likeness (QED) is 0.448. The van der Waals surface area contributed by atoms with Crippen LogP contribution in [0.2, 0.25) is 0 Å². The molecule has 0 heterocycles. The van der Waals surface area contributed by atoms with Gasteiger partial charge in [0.1, 0.15) is 5.60 Å². The molecule has 0 N–H and O–H groups in total. The SMILES string of the molecule is COC(=O)[C@H](C)COC(c1ccccc1)(c1ccccc1)c1ccccc1. The number of hydrogen-bond donors (Lipinski definition) is 0. The van der Waals surface area contributed by atoms with Crippen molar-refractivity contribution in [2.45, 2.75) is 12.5 Å². The van der Waals surface area contributed by atoms with Gasteiger partial charge < -0.3 is 9.47 Å². The average molecular weight is 360 g/mol. The van der Waals surface area contributed by atoms with Crippen molar-refractivity contribution in [2.75, 3.05) is 13.7 Å². The standard InChI is InChI=1S/C24H24O3/c1-19(23(25)26-2)18-27-24(20-12-6-3-7-13-20,21-14-8-4-9-15-21)22-16-10-5-11-17-22/h3-17,19H,18H2,1-2H3/t19-/m1/s1. The van der Waals surface area contributed by atoms with E-state index in [-0.39, 0.29) is 18.5 Å². The third-order valence-corrected chi connectivity index (χ3v) is 4.69. The highest BCUT2D eigenvalue weighted by Crippen LogP contribution is 2.40. The van der Waals surface area contributed by atoms with Crippen molar-refractivity contribution in [3.8, 4) is 0 Å². The Balaban J connectivity index is 2.15. The summed E-state index contributed by atoms with van der Waals surface area (Å²) < 4.78 is 11.4. The van der Waals surface area contributed by atoms with Gasteiger partial charge in [-0.1, -0.05) is 91.0 Å². The highest BCUT2D eigenvalue weighted by atomic mass is 16.5. The maximum atomic E-state index is 11.9. The first kappa shape index (κ1) is 18.9. The van der Waals surface area contributed by atoms with Crippen molar-refractivity contribution >= 4 is 5.97 Å². The first-order valence-corrected chi connectivity index (χ1v) is 9.07. The first-order chi connectivity index (χ1) is 13.2. The number of hydrogen-bond acceptors (Lipinski definition) is 3. The minimum atomic E-state index is -0.813. The van der Waals surface area contributed by atoms with Crippen LogP contribution in [-0.2, 0) is 19.9 Å². The number of carbonyl (C=O) groups is 1. The fourth-order valence-electron chi connectivity index (χ4n) is 3.29. The summed E-state index contributed by atoms with van der Waals surface area (Å²) in [6.45, 7) is 2.06. The van der Waals surface area contributed by atoms with Crippen LogP contribution in [0.25, 0.3) is 0 Å². The molecule has 0 aromatic heterocycles. The van der Waals surface area contributed by atoms with E-state index in [2.05, 4.69) is 36.4 Å². The van der Waals surface area contributed by atoms with Crippen molar-refractivity contribution in [2.24, 2.45) is 5.92 Å². The smallest absolute Gasteiger partial charge is 0.310 e. The van der Waals surface area contributed by atoms with Gasteiger partial charge in [0.15, 0.2) is 0 Å². The highest BCUT2D eigenvalue weighted by molar-refractivity contribution is 5.71. The third-order valence-electron chi connectivity index (χ3n) is 4.69. The first-order valence-electron chi connectivity index (χ1n) is 9.07. The summed E-state index contributed by atoms with van der Waals surface area (Å²) in [5, 5.41) is 0. The Labute approximate surface area is 160 Å². The summed E-state index contributed by atoms with van der Waals surface area (Å²) >= 11 is 0. The number of methoxy groups -OCH3 is 1. The molecule has 1 atom stereocenters. The zero-order chi connectivity index (χ0) is 19.1. The van der Waals surface area contributed by atoms with Crippen molar-refractivity contribution in [1.29, 1.82) is 0 Å². The second-order valence-corrected chi connectivity index (χ2v) is 6.51. The third kappa shape index (κ3) is 3.93. The number of rotatable bonds is 7. The van der Waals surface area contributed by atoms with Crippen LogP contribution in [0.1, 0.15) is 23.6 Å². The lowest BCUT2D eigenvalue weighted by molar-refractivity contribution is -0.148. The molecule has 0 aliphatic carbocycles. The van der Waals surface area contributed by atoms with E-state index in [0.29, 0.717) is 0 Å². The molecule has 3 aromatic rings. The van der Waals surface area contributed by atoms with Crippen LogP contribution in [0.4, 0.5) is 0 Å². The van der Waals surface area contributed by atoms with E-state index in [1.165, 1.54) is 7.11 Å².